The minimum absolute atomic E-state index is 0.00705. The molecule has 0 aliphatic heterocycles. The van der Waals surface area contributed by atoms with Crippen molar-refractivity contribution in [2.75, 3.05) is 0 Å². The van der Waals surface area contributed by atoms with Gasteiger partial charge >= 0.3 is 5.97 Å². The summed E-state index contributed by atoms with van der Waals surface area (Å²) in [5, 5.41) is 18.8. The Labute approximate surface area is 151 Å². The third-order valence-electron chi connectivity index (χ3n) is 3.62. The predicted molar refractivity (Wildman–Crippen MR) is 97.4 cm³/mol. The number of nitrogen functional groups attached to an aromatic ring is 1. The molecule has 0 bridgehead atoms. The number of carbonyl (C=O) groups excluding carboxylic acids is 1. The van der Waals surface area contributed by atoms with Crippen molar-refractivity contribution in [1.82, 2.24) is 5.32 Å². The summed E-state index contributed by atoms with van der Waals surface area (Å²) in [5.41, 5.74) is 7.27. The van der Waals surface area contributed by atoms with Crippen LogP contribution in [0, 0.1) is 5.41 Å². The van der Waals surface area contributed by atoms with Crippen LogP contribution in [0.1, 0.15) is 34.8 Å². The van der Waals surface area contributed by atoms with Gasteiger partial charge in [0.25, 0.3) is 5.91 Å². The summed E-state index contributed by atoms with van der Waals surface area (Å²) >= 11 is 0. The zero-order valence-corrected chi connectivity index (χ0v) is 14.4. The highest BCUT2D eigenvalue weighted by molar-refractivity contribution is 5.95. The Balaban J connectivity index is 1.96. The van der Waals surface area contributed by atoms with Gasteiger partial charge in [0.1, 0.15) is 18.2 Å². The molecule has 0 heterocycles. The number of hydrogen-bond acceptors (Lipinski definition) is 4. The number of hydrogen-bond donors (Lipinski definition) is 4. The molecule has 1 atom stereocenters. The number of amides is 1. The van der Waals surface area contributed by atoms with Crippen LogP contribution in [-0.4, -0.2) is 28.9 Å². The first-order valence-corrected chi connectivity index (χ1v) is 8.04. The van der Waals surface area contributed by atoms with Crippen LogP contribution >= 0.6 is 0 Å². The summed E-state index contributed by atoms with van der Waals surface area (Å²) in [6.45, 7) is 1.91. The average Bonchev–Trinajstić information content (AvgIpc) is 2.59. The molecule has 136 valence electrons. The summed E-state index contributed by atoms with van der Waals surface area (Å²) in [4.78, 5) is 22.9. The number of carboxylic acids is 1. The predicted octanol–water partition coefficient (Wildman–Crippen LogP) is 2.14. The first-order valence-electron chi connectivity index (χ1n) is 8.04. The Kier molecular flexibility index (Phi) is 6.32. The fourth-order valence-corrected chi connectivity index (χ4v) is 2.32. The van der Waals surface area contributed by atoms with Crippen molar-refractivity contribution in [2.24, 2.45) is 5.73 Å². The maximum Gasteiger partial charge on any atom is 0.305 e. The third kappa shape index (κ3) is 5.62. The van der Waals surface area contributed by atoms with Gasteiger partial charge in [0, 0.05) is 17.2 Å². The Morgan fingerprint density at radius 3 is 2.50 bits per heavy atom. The number of carbonyl (C=O) groups is 2. The number of amidine groups is 1. The number of benzene rings is 2. The lowest BCUT2D eigenvalue weighted by molar-refractivity contribution is -0.137. The van der Waals surface area contributed by atoms with E-state index in [4.69, 9.17) is 21.0 Å². The van der Waals surface area contributed by atoms with Crippen LogP contribution in [-0.2, 0) is 11.4 Å². The van der Waals surface area contributed by atoms with Crippen molar-refractivity contribution < 1.29 is 19.4 Å². The zero-order valence-electron chi connectivity index (χ0n) is 14.4. The van der Waals surface area contributed by atoms with Crippen molar-refractivity contribution in [3.63, 3.8) is 0 Å². The minimum Gasteiger partial charge on any atom is -0.489 e. The zero-order chi connectivity index (χ0) is 19.1. The van der Waals surface area contributed by atoms with Crippen LogP contribution in [0.2, 0.25) is 0 Å². The first-order chi connectivity index (χ1) is 12.3. The molecule has 0 aromatic heterocycles. The fourth-order valence-electron chi connectivity index (χ4n) is 2.32. The second-order valence-corrected chi connectivity index (χ2v) is 5.90. The van der Waals surface area contributed by atoms with E-state index in [1.165, 1.54) is 0 Å². The summed E-state index contributed by atoms with van der Waals surface area (Å²) in [6.07, 6.45) is -0.134. The molecule has 7 nitrogen and oxygen atoms in total. The molecule has 0 spiro atoms. The van der Waals surface area contributed by atoms with Crippen LogP contribution in [0.4, 0.5) is 0 Å². The summed E-state index contributed by atoms with van der Waals surface area (Å²) in [7, 11) is 0. The van der Waals surface area contributed by atoms with Gasteiger partial charge in [-0.05, 0) is 48.9 Å². The minimum atomic E-state index is -0.962. The van der Waals surface area contributed by atoms with Crippen LogP contribution in [0.5, 0.6) is 5.75 Å². The molecular weight excluding hydrogens is 334 g/mol. The van der Waals surface area contributed by atoms with Gasteiger partial charge in [-0.2, -0.15) is 0 Å². The number of nitrogens with two attached hydrogens (primary N) is 1. The van der Waals surface area contributed by atoms with Gasteiger partial charge in [-0.1, -0.05) is 12.1 Å². The van der Waals surface area contributed by atoms with Gasteiger partial charge in [-0.3, -0.25) is 15.0 Å². The molecule has 0 saturated heterocycles. The molecule has 0 aliphatic rings. The summed E-state index contributed by atoms with van der Waals surface area (Å²) in [6, 6.07) is 13.3. The van der Waals surface area contributed by atoms with Crippen LogP contribution in [0.3, 0.4) is 0 Å². The summed E-state index contributed by atoms with van der Waals surface area (Å²) < 4.78 is 5.67. The molecule has 0 aliphatic carbocycles. The molecule has 2 aromatic rings. The maximum absolute atomic E-state index is 12.2. The van der Waals surface area contributed by atoms with Crippen molar-refractivity contribution in [3.8, 4) is 5.75 Å². The molecule has 0 saturated carbocycles. The smallest absolute Gasteiger partial charge is 0.305 e. The Bertz CT molecular complexity index is 803. The van der Waals surface area contributed by atoms with Gasteiger partial charge in [-0.25, -0.2) is 0 Å². The van der Waals surface area contributed by atoms with Gasteiger partial charge < -0.3 is 20.9 Å². The lowest BCUT2D eigenvalue weighted by Gasteiger charge is -2.12. The van der Waals surface area contributed by atoms with Gasteiger partial charge in [0.2, 0.25) is 0 Å². The van der Waals surface area contributed by atoms with Gasteiger partial charge in [0.15, 0.2) is 0 Å². The van der Waals surface area contributed by atoms with E-state index in [2.05, 4.69) is 5.32 Å². The Hall–Kier alpha value is -3.35. The van der Waals surface area contributed by atoms with Crippen LogP contribution in [0.25, 0.3) is 0 Å². The van der Waals surface area contributed by atoms with E-state index >= 15 is 0 Å². The van der Waals surface area contributed by atoms with E-state index in [1.807, 2.05) is 6.07 Å². The monoisotopic (exact) mass is 355 g/mol. The topological polar surface area (TPSA) is 126 Å². The maximum atomic E-state index is 12.2. The lowest BCUT2D eigenvalue weighted by Crippen LogP contribution is -2.34. The quantitative estimate of drug-likeness (QED) is 0.426. The van der Waals surface area contributed by atoms with Crippen LogP contribution in [0.15, 0.2) is 48.5 Å². The van der Waals surface area contributed by atoms with Gasteiger partial charge in [-0.15, -0.1) is 0 Å². The number of ether oxygens (including phenoxy) is 1. The van der Waals surface area contributed by atoms with E-state index in [0.717, 1.165) is 5.56 Å². The second-order valence-electron chi connectivity index (χ2n) is 5.90. The Morgan fingerprint density at radius 2 is 1.88 bits per heavy atom. The van der Waals surface area contributed by atoms with E-state index in [9.17, 15) is 9.59 Å². The molecule has 1 unspecified atom stereocenters. The second kappa shape index (κ2) is 8.66. The van der Waals surface area contributed by atoms with Crippen molar-refractivity contribution >= 4 is 17.7 Å². The molecular formula is C19H21N3O4. The molecule has 1 amide bonds. The highest BCUT2D eigenvalue weighted by Gasteiger charge is 2.13. The number of rotatable bonds is 8. The van der Waals surface area contributed by atoms with Gasteiger partial charge in [0.05, 0.1) is 6.42 Å². The van der Waals surface area contributed by atoms with E-state index in [1.54, 1.807) is 49.4 Å². The highest BCUT2D eigenvalue weighted by atomic mass is 16.5. The lowest BCUT2D eigenvalue weighted by atomic mass is 10.1. The molecule has 5 N–H and O–H groups in total. The van der Waals surface area contributed by atoms with Crippen molar-refractivity contribution in [2.45, 2.75) is 26.0 Å². The number of carboxylic acid groups (broad SMARTS) is 1. The average molecular weight is 355 g/mol. The molecule has 0 radical (unpaired) electrons. The number of nitrogens with one attached hydrogen (secondary N) is 2. The van der Waals surface area contributed by atoms with Crippen molar-refractivity contribution in [1.29, 1.82) is 5.41 Å². The SMILES string of the molecule is CC(CC(=O)O)NC(=O)c1cccc(COc2ccc(C(=N)N)cc2)c1. The molecule has 0 fully saturated rings. The highest BCUT2D eigenvalue weighted by Crippen LogP contribution is 2.15. The number of aliphatic carboxylic acids is 1. The Morgan fingerprint density at radius 1 is 1.19 bits per heavy atom. The normalized spacial score (nSPS) is 11.4. The van der Waals surface area contributed by atoms with E-state index in [0.29, 0.717) is 16.9 Å². The van der Waals surface area contributed by atoms with E-state index < -0.39 is 12.0 Å². The largest absolute Gasteiger partial charge is 0.489 e. The first kappa shape index (κ1) is 19.0. The molecule has 26 heavy (non-hydrogen) atoms. The molecule has 2 rings (SSSR count). The van der Waals surface area contributed by atoms with E-state index in [-0.39, 0.29) is 24.8 Å². The molecule has 7 heteroatoms. The summed E-state index contributed by atoms with van der Waals surface area (Å²) in [5.74, 6) is -0.672. The van der Waals surface area contributed by atoms with Crippen molar-refractivity contribution in [3.05, 3.63) is 65.2 Å². The standard InChI is InChI=1S/C19H21N3O4/c1-12(9-17(23)24)22-19(25)15-4-2-3-13(10-15)11-26-16-7-5-14(6-8-16)18(20)21/h2-8,10,12H,9,11H2,1H3,(H3,20,21)(H,22,25)(H,23,24). The molecule has 2 aromatic carbocycles. The third-order valence-corrected chi connectivity index (χ3v) is 3.62. The van der Waals surface area contributed by atoms with Crippen LogP contribution < -0.4 is 15.8 Å². The fraction of sp³-hybridized carbons (Fsp3) is 0.211.